The minimum absolute atomic E-state index is 0.175. The molecule has 14 heavy (non-hydrogen) atoms. The van der Waals surface area contributed by atoms with Gasteiger partial charge < -0.3 is 5.32 Å². The number of halogens is 1. The lowest BCUT2D eigenvalue weighted by molar-refractivity contribution is 0.426. The van der Waals surface area contributed by atoms with Crippen LogP contribution < -0.4 is 5.32 Å². The van der Waals surface area contributed by atoms with Gasteiger partial charge >= 0.3 is 0 Å². The van der Waals surface area contributed by atoms with E-state index in [0.29, 0.717) is 12.0 Å². The summed E-state index contributed by atoms with van der Waals surface area (Å²) in [5, 5.41) is 3.40. The van der Waals surface area contributed by atoms with E-state index in [9.17, 15) is 4.39 Å². The SMILES string of the molecule is CC(C)[C@@H](C)NCc1ccc(F)cc1. The second-order valence-corrected chi connectivity index (χ2v) is 4.04. The fraction of sp³-hybridized carbons (Fsp3) is 0.500. The topological polar surface area (TPSA) is 12.0 Å². The minimum Gasteiger partial charge on any atom is -0.310 e. The molecule has 0 heterocycles. The van der Waals surface area contributed by atoms with Crippen LogP contribution in [0.3, 0.4) is 0 Å². The van der Waals surface area contributed by atoms with Crippen LogP contribution in [-0.2, 0) is 6.54 Å². The number of nitrogens with one attached hydrogen (secondary N) is 1. The minimum atomic E-state index is -0.175. The van der Waals surface area contributed by atoms with E-state index in [2.05, 4.69) is 26.1 Å². The maximum absolute atomic E-state index is 12.6. The van der Waals surface area contributed by atoms with Gasteiger partial charge in [-0.25, -0.2) is 4.39 Å². The Kier molecular flexibility index (Phi) is 4.08. The summed E-state index contributed by atoms with van der Waals surface area (Å²) in [6, 6.07) is 7.11. The Morgan fingerprint density at radius 3 is 2.21 bits per heavy atom. The molecular weight excluding hydrogens is 177 g/mol. The Bertz CT molecular complexity index is 266. The molecule has 2 heteroatoms. The highest BCUT2D eigenvalue weighted by Gasteiger charge is 2.05. The lowest BCUT2D eigenvalue weighted by atomic mass is 10.1. The van der Waals surface area contributed by atoms with Crippen molar-refractivity contribution >= 4 is 0 Å². The molecule has 0 amide bonds. The summed E-state index contributed by atoms with van der Waals surface area (Å²) >= 11 is 0. The molecule has 0 unspecified atom stereocenters. The van der Waals surface area contributed by atoms with Crippen molar-refractivity contribution in [2.24, 2.45) is 5.92 Å². The van der Waals surface area contributed by atoms with Gasteiger partial charge in [0.05, 0.1) is 0 Å². The van der Waals surface area contributed by atoms with Gasteiger partial charge in [-0.15, -0.1) is 0 Å². The zero-order valence-corrected chi connectivity index (χ0v) is 9.05. The third-order valence-corrected chi connectivity index (χ3v) is 2.54. The third-order valence-electron chi connectivity index (χ3n) is 2.54. The fourth-order valence-electron chi connectivity index (χ4n) is 1.12. The van der Waals surface area contributed by atoms with Gasteiger partial charge in [0.25, 0.3) is 0 Å². The Balaban J connectivity index is 2.42. The van der Waals surface area contributed by atoms with Gasteiger partial charge in [0, 0.05) is 12.6 Å². The van der Waals surface area contributed by atoms with Crippen LogP contribution in [0, 0.1) is 11.7 Å². The van der Waals surface area contributed by atoms with Gasteiger partial charge in [-0.2, -0.15) is 0 Å². The highest BCUT2D eigenvalue weighted by molar-refractivity contribution is 5.15. The average molecular weight is 195 g/mol. The molecule has 0 saturated carbocycles. The van der Waals surface area contributed by atoms with Crippen LogP contribution in [-0.4, -0.2) is 6.04 Å². The van der Waals surface area contributed by atoms with Gasteiger partial charge in [0.1, 0.15) is 5.82 Å². The van der Waals surface area contributed by atoms with E-state index >= 15 is 0 Å². The molecule has 0 spiro atoms. The van der Waals surface area contributed by atoms with Crippen LogP contribution in [0.25, 0.3) is 0 Å². The van der Waals surface area contributed by atoms with Crippen molar-refractivity contribution in [1.82, 2.24) is 5.32 Å². The summed E-state index contributed by atoms with van der Waals surface area (Å²) in [4.78, 5) is 0. The van der Waals surface area contributed by atoms with Crippen molar-refractivity contribution in [3.05, 3.63) is 35.6 Å². The Labute approximate surface area is 85.3 Å². The van der Waals surface area contributed by atoms with Crippen LogP contribution >= 0.6 is 0 Å². The molecule has 0 aliphatic rings. The van der Waals surface area contributed by atoms with E-state index in [-0.39, 0.29) is 5.82 Å². The van der Waals surface area contributed by atoms with Crippen molar-refractivity contribution in [3.63, 3.8) is 0 Å². The van der Waals surface area contributed by atoms with Crippen molar-refractivity contribution in [2.45, 2.75) is 33.4 Å². The summed E-state index contributed by atoms with van der Waals surface area (Å²) in [6.45, 7) is 7.33. The lowest BCUT2D eigenvalue weighted by Gasteiger charge is -2.17. The molecule has 1 nitrogen and oxygen atoms in total. The average Bonchev–Trinajstić information content (AvgIpc) is 2.16. The number of benzene rings is 1. The van der Waals surface area contributed by atoms with Crippen molar-refractivity contribution in [2.75, 3.05) is 0 Å². The zero-order valence-electron chi connectivity index (χ0n) is 9.05. The van der Waals surface area contributed by atoms with Gasteiger partial charge in [0.15, 0.2) is 0 Å². The summed E-state index contributed by atoms with van der Waals surface area (Å²) in [6.07, 6.45) is 0. The maximum Gasteiger partial charge on any atom is 0.123 e. The Hall–Kier alpha value is -0.890. The molecule has 0 fully saturated rings. The van der Waals surface area contributed by atoms with Gasteiger partial charge in [-0.1, -0.05) is 26.0 Å². The van der Waals surface area contributed by atoms with Crippen LogP contribution in [0.1, 0.15) is 26.3 Å². The monoisotopic (exact) mass is 195 g/mol. The Morgan fingerprint density at radius 2 is 1.71 bits per heavy atom. The molecule has 1 aromatic carbocycles. The van der Waals surface area contributed by atoms with E-state index < -0.39 is 0 Å². The van der Waals surface area contributed by atoms with Crippen LogP contribution in [0.15, 0.2) is 24.3 Å². The summed E-state index contributed by atoms with van der Waals surface area (Å²) in [5.74, 6) is 0.445. The van der Waals surface area contributed by atoms with E-state index in [1.807, 2.05) is 12.1 Å². The number of rotatable bonds is 4. The van der Waals surface area contributed by atoms with Gasteiger partial charge in [-0.05, 0) is 30.5 Å². The van der Waals surface area contributed by atoms with Crippen molar-refractivity contribution < 1.29 is 4.39 Å². The first-order valence-electron chi connectivity index (χ1n) is 5.07. The molecule has 0 aromatic heterocycles. The summed E-state index contributed by atoms with van der Waals surface area (Å²) in [5.41, 5.74) is 1.12. The highest BCUT2D eigenvalue weighted by atomic mass is 19.1. The predicted octanol–water partition coefficient (Wildman–Crippen LogP) is 2.96. The molecule has 1 atom stereocenters. The number of hydrogen-bond acceptors (Lipinski definition) is 1. The zero-order chi connectivity index (χ0) is 10.6. The third kappa shape index (κ3) is 3.46. The molecule has 0 aliphatic carbocycles. The first-order chi connectivity index (χ1) is 6.59. The first kappa shape index (κ1) is 11.2. The van der Waals surface area contributed by atoms with E-state index in [1.165, 1.54) is 12.1 Å². The molecule has 1 aromatic rings. The van der Waals surface area contributed by atoms with Crippen LogP contribution in [0.2, 0.25) is 0 Å². The fourth-order valence-corrected chi connectivity index (χ4v) is 1.12. The molecule has 0 aliphatic heterocycles. The smallest absolute Gasteiger partial charge is 0.123 e. The molecule has 78 valence electrons. The van der Waals surface area contributed by atoms with E-state index in [4.69, 9.17) is 0 Å². The highest BCUT2D eigenvalue weighted by Crippen LogP contribution is 2.05. The summed E-state index contributed by atoms with van der Waals surface area (Å²) in [7, 11) is 0. The Morgan fingerprint density at radius 1 is 1.14 bits per heavy atom. The molecule has 1 rings (SSSR count). The normalized spacial score (nSPS) is 13.2. The standard InChI is InChI=1S/C12H18FN/c1-9(2)10(3)14-8-11-4-6-12(13)7-5-11/h4-7,9-10,14H,8H2,1-3H3/t10-/m1/s1. The van der Waals surface area contributed by atoms with E-state index in [1.54, 1.807) is 0 Å². The second-order valence-electron chi connectivity index (χ2n) is 4.04. The quantitative estimate of drug-likeness (QED) is 0.778. The number of hydrogen-bond donors (Lipinski definition) is 1. The molecule has 1 N–H and O–H groups in total. The summed E-state index contributed by atoms with van der Waals surface area (Å²) < 4.78 is 12.6. The predicted molar refractivity (Wildman–Crippen MR) is 57.5 cm³/mol. The second kappa shape index (κ2) is 5.11. The van der Waals surface area contributed by atoms with Crippen LogP contribution in [0.5, 0.6) is 0 Å². The van der Waals surface area contributed by atoms with Crippen molar-refractivity contribution in [3.8, 4) is 0 Å². The largest absolute Gasteiger partial charge is 0.310 e. The van der Waals surface area contributed by atoms with Gasteiger partial charge in [-0.3, -0.25) is 0 Å². The maximum atomic E-state index is 12.6. The molecule has 0 bridgehead atoms. The molecular formula is C12H18FN. The van der Waals surface area contributed by atoms with Gasteiger partial charge in [0.2, 0.25) is 0 Å². The first-order valence-corrected chi connectivity index (χ1v) is 5.07. The van der Waals surface area contributed by atoms with Crippen LogP contribution in [0.4, 0.5) is 4.39 Å². The lowest BCUT2D eigenvalue weighted by Crippen LogP contribution is -2.30. The molecule has 0 saturated heterocycles. The molecule has 0 radical (unpaired) electrons. The van der Waals surface area contributed by atoms with Crippen molar-refractivity contribution in [1.29, 1.82) is 0 Å². The van der Waals surface area contributed by atoms with E-state index in [0.717, 1.165) is 12.1 Å².